The Morgan fingerprint density at radius 2 is 1.81 bits per heavy atom. The van der Waals surface area contributed by atoms with Gasteiger partial charge >= 0.3 is 5.97 Å². The van der Waals surface area contributed by atoms with Crippen molar-refractivity contribution in [3.63, 3.8) is 0 Å². The van der Waals surface area contributed by atoms with Gasteiger partial charge in [0.15, 0.2) is 11.5 Å². The molecular weight excluding hydrogens is 346 g/mol. The van der Waals surface area contributed by atoms with E-state index in [0.29, 0.717) is 31.1 Å². The number of carbonyl (C=O) groups excluding carboxylic acids is 1. The van der Waals surface area contributed by atoms with E-state index in [0.717, 1.165) is 11.1 Å². The highest BCUT2D eigenvalue weighted by Gasteiger charge is 2.12. The molecule has 6 heteroatoms. The Balaban J connectivity index is 1.98. The van der Waals surface area contributed by atoms with Crippen molar-refractivity contribution in [2.45, 2.75) is 32.8 Å². The normalized spacial score (nSPS) is 10.3. The summed E-state index contributed by atoms with van der Waals surface area (Å²) in [6, 6.07) is 13.7. The van der Waals surface area contributed by atoms with Gasteiger partial charge < -0.3 is 19.9 Å². The average Bonchev–Trinajstić information content (AvgIpc) is 2.66. The van der Waals surface area contributed by atoms with Crippen LogP contribution in [0.15, 0.2) is 42.5 Å². The molecule has 0 aliphatic carbocycles. The van der Waals surface area contributed by atoms with Gasteiger partial charge in [0.25, 0.3) is 0 Å². The molecule has 144 valence electrons. The summed E-state index contributed by atoms with van der Waals surface area (Å²) in [7, 11) is 1.59. The topological polar surface area (TPSA) is 84.9 Å². The molecule has 2 N–H and O–H groups in total. The third-order valence-corrected chi connectivity index (χ3v) is 4.07. The Bertz CT molecular complexity index is 771. The molecule has 0 aliphatic rings. The monoisotopic (exact) mass is 371 g/mol. The number of hydrogen-bond acceptors (Lipinski definition) is 4. The molecule has 0 bridgehead atoms. The van der Waals surface area contributed by atoms with Crippen LogP contribution in [0.1, 0.15) is 29.5 Å². The van der Waals surface area contributed by atoms with Crippen LogP contribution in [0.4, 0.5) is 0 Å². The molecule has 2 aromatic carbocycles. The fraction of sp³-hybridized carbons (Fsp3) is 0.333. The van der Waals surface area contributed by atoms with Crippen LogP contribution < -0.4 is 14.8 Å². The van der Waals surface area contributed by atoms with Crippen molar-refractivity contribution in [1.29, 1.82) is 0 Å². The summed E-state index contributed by atoms with van der Waals surface area (Å²) < 4.78 is 11.4. The Labute approximate surface area is 159 Å². The van der Waals surface area contributed by atoms with E-state index in [9.17, 15) is 9.59 Å². The summed E-state index contributed by atoms with van der Waals surface area (Å²) in [6.07, 6.45) is 0.360. The number of amides is 1. The number of hydrogen-bond donors (Lipinski definition) is 2. The second-order valence-corrected chi connectivity index (χ2v) is 6.22. The molecule has 0 aromatic heterocycles. The smallest absolute Gasteiger partial charge is 0.303 e. The molecule has 1 amide bonds. The quantitative estimate of drug-likeness (QED) is 0.670. The van der Waals surface area contributed by atoms with E-state index >= 15 is 0 Å². The highest BCUT2D eigenvalue weighted by Crippen LogP contribution is 2.32. The van der Waals surface area contributed by atoms with Crippen LogP contribution in [0.25, 0.3) is 0 Å². The predicted molar refractivity (Wildman–Crippen MR) is 102 cm³/mol. The van der Waals surface area contributed by atoms with Crippen molar-refractivity contribution < 1.29 is 24.2 Å². The van der Waals surface area contributed by atoms with E-state index in [1.54, 1.807) is 7.11 Å². The molecule has 2 aromatic rings. The number of carboxylic acids is 1. The molecule has 2 rings (SSSR count). The van der Waals surface area contributed by atoms with Crippen molar-refractivity contribution in [2.24, 2.45) is 0 Å². The lowest BCUT2D eigenvalue weighted by Gasteiger charge is -2.15. The van der Waals surface area contributed by atoms with Gasteiger partial charge in [0.05, 0.1) is 13.5 Å². The van der Waals surface area contributed by atoms with Gasteiger partial charge in [0, 0.05) is 13.0 Å². The summed E-state index contributed by atoms with van der Waals surface area (Å²) in [5.74, 6) is 0.0318. The lowest BCUT2D eigenvalue weighted by atomic mass is 10.1. The molecule has 0 heterocycles. The minimum Gasteiger partial charge on any atom is -0.493 e. The zero-order valence-electron chi connectivity index (χ0n) is 15.7. The maximum absolute atomic E-state index is 11.7. The molecule has 0 spiro atoms. The SMILES string of the molecule is COc1cccc(CCNC(=O)CCC(=O)O)c1OCc1ccc(C)cc1. The molecular formula is C21H25NO5. The number of rotatable bonds is 10. The van der Waals surface area contributed by atoms with E-state index in [1.807, 2.05) is 49.4 Å². The van der Waals surface area contributed by atoms with E-state index in [4.69, 9.17) is 14.6 Å². The zero-order chi connectivity index (χ0) is 19.6. The second-order valence-electron chi connectivity index (χ2n) is 6.22. The van der Waals surface area contributed by atoms with Crippen molar-refractivity contribution >= 4 is 11.9 Å². The van der Waals surface area contributed by atoms with Crippen molar-refractivity contribution in [1.82, 2.24) is 5.32 Å². The predicted octanol–water partition coefficient (Wildman–Crippen LogP) is 3.11. The first-order chi connectivity index (χ1) is 13.0. The second kappa shape index (κ2) is 10.2. The molecule has 6 nitrogen and oxygen atoms in total. The lowest BCUT2D eigenvalue weighted by molar-refractivity contribution is -0.138. The molecule has 0 atom stereocenters. The largest absolute Gasteiger partial charge is 0.493 e. The number of nitrogens with one attached hydrogen (secondary N) is 1. The van der Waals surface area contributed by atoms with E-state index < -0.39 is 5.97 Å². The number of benzene rings is 2. The van der Waals surface area contributed by atoms with Crippen LogP contribution in [0.3, 0.4) is 0 Å². The first-order valence-corrected chi connectivity index (χ1v) is 8.82. The van der Waals surface area contributed by atoms with Crippen molar-refractivity contribution in [2.75, 3.05) is 13.7 Å². The fourth-order valence-electron chi connectivity index (χ4n) is 2.57. The van der Waals surface area contributed by atoms with Crippen LogP contribution in [-0.2, 0) is 22.6 Å². The summed E-state index contributed by atoms with van der Waals surface area (Å²) in [5, 5.41) is 11.4. The van der Waals surface area contributed by atoms with Crippen LogP contribution >= 0.6 is 0 Å². The average molecular weight is 371 g/mol. The highest BCUT2D eigenvalue weighted by molar-refractivity contribution is 5.80. The Kier molecular flexibility index (Phi) is 7.67. The Morgan fingerprint density at radius 1 is 1.07 bits per heavy atom. The van der Waals surface area contributed by atoms with Gasteiger partial charge in [-0.25, -0.2) is 0 Å². The zero-order valence-corrected chi connectivity index (χ0v) is 15.7. The third kappa shape index (κ3) is 6.66. The van der Waals surface area contributed by atoms with E-state index in [2.05, 4.69) is 5.32 Å². The first-order valence-electron chi connectivity index (χ1n) is 8.82. The van der Waals surface area contributed by atoms with Gasteiger partial charge in [0.1, 0.15) is 6.61 Å². The number of ether oxygens (including phenoxy) is 2. The lowest BCUT2D eigenvalue weighted by Crippen LogP contribution is -2.26. The summed E-state index contributed by atoms with van der Waals surface area (Å²) >= 11 is 0. The van der Waals surface area contributed by atoms with Gasteiger partial charge in [-0.3, -0.25) is 9.59 Å². The number of methoxy groups -OCH3 is 1. The Hall–Kier alpha value is -3.02. The molecule has 0 saturated carbocycles. The number of carboxylic acid groups (broad SMARTS) is 1. The number of carbonyl (C=O) groups is 2. The van der Waals surface area contributed by atoms with Gasteiger partial charge in [-0.15, -0.1) is 0 Å². The molecule has 0 unspecified atom stereocenters. The molecule has 0 fully saturated rings. The van der Waals surface area contributed by atoms with Gasteiger partial charge in [-0.05, 0) is 30.5 Å². The van der Waals surface area contributed by atoms with Gasteiger partial charge in [-0.2, -0.15) is 0 Å². The minimum atomic E-state index is -0.982. The van der Waals surface area contributed by atoms with Crippen LogP contribution in [0.2, 0.25) is 0 Å². The van der Waals surface area contributed by atoms with E-state index in [-0.39, 0.29) is 18.7 Å². The van der Waals surface area contributed by atoms with Crippen LogP contribution in [0.5, 0.6) is 11.5 Å². The summed E-state index contributed by atoms with van der Waals surface area (Å²) in [5.41, 5.74) is 3.16. The summed E-state index contributed by atoms with van der Waals surface area (Å²) in [6.45, 7) is 2.85. The fourth-order valence-corrected chi connectivity index (χ4v) is 2.57. The standard InChI is InChI=1S/C21H25NO5/c1-15-6-8-16(9-7-15)14-27-21-17(4-3-5-18(21)26-2)12-13-22-19(23)10-11-20(24)25/h3-9H,10-14H2,1-2H3,(H,22,23)(H,24,25). The van der Waals surface area contributed by atoms with E-state index in [1.165, 1.54) is 5.56 Å². The van der Waals surface area contributed by atoms with Gasteiger partial charge in [0.2, 0.25) is 5.91 Å². The summed E-state index contributed by atoms with van der Waals surface area (Å²) in [4.78, 5) is 22.2. The molecule has 0 saturated heterocycles. The molecule has 0 radical (unpaired) electrons. The molecule has 27 heavy (non-hydrogen) atoms. The van der Waals surface area contributed by atoms with Crippen LogP contribution in [-0.4, -0.2) is 30.6 Å². The van der Waals surface area contributed by atoms with Crippen molar-refractivity contribution in [3.05, 3.63) is 59.2 Å². The Morgan fingerprint density at radius 3 is 2.48 bits per heavy atom. The number of aryl methyl sites for hydroxylation is 1. The minimum absolute atomic E-state index is 0.0236. The van der Waals surface area contributed by atoms with Crippen molar-refractivity contribution in [3.8, 4) is 11.5 Å². The van der Waals surface area contributed by atoms with Crippen LogP contribution in [0, 0.1) is 6.92 Å². The highest BCUT2D eigenvalue weighted by atomic mass is 16.5. The van der Waals surface area contributed by atoms with Gasteiger partial charge in [-0.1, -0.05) is 42.0 Å². The maximum atomic E-state index is 11.7. The third-order valence-electron chi connectivity index (χ3n) is 4.07. The first kappa shape index (κ1) is 20.3. The maximum Gasteiger partial charge on any atom is 0.303 e. The molecule has 0 aliphatic heterocycles. The number of para-hydroxylation sites is 1. The number of aliphatic carboxylic acids is 1.